The summed E-state index contributed by atoms with van der Waals surface area (Å²) in [6.45, 7) is 1.54. The minimum Gasteiger partial charge on any atom is -0.385 e. The maximum absolute atomic E-state index is 5.11. The molecule has 24 heavy (non-hydrogen) atoms. The molecular weight excluding hydrogens is 298 g/mol. The predicted octanol–water partition coefficient (Wildman–Crippen LogP) is 4.29. The molecule has 4 aromatic rings. The highest BCUT2D eigenvalue weighted by Crippen LogP contribution is 2.35. The molecule has 1 aromatic heterocycles. The number of aromatic nitrogens is 3. The van der Waals surface area contributed by atoms with Gasteiger partial charge in [-0.05, 0) is 34.0 Å². The summed E-state index contributed by atoms with van der Waals surface area (Å²) in [6, 6.07) is 19.1. The summed E-state index contributed by atoms with van der Waals surface area (Å²) < 4.78 is 7.00. The van der Waals surface area contributed by atoms with Gasteiger partial charge in [0.15, 0.2) is 0 Å². The average Bonchev–Trinajstić information content (AvgIpc) is 3.08. The molecule has 4 nitrogen and oxygen atoms in total. The fraction of sp³-hybridized carbons (Fsp3) is 0.200. The normalized spacial score (nSPS) is 11.4. The summed E-state index contributed by atoms with van der Waals surface area (Å²) in [6.07, 6.45) is 2.96. The molecule has 0 aliphatic rings. The Morgan fingerprint density at radius 2 is 1.62 bits per heavy atom. The molecule has 0 atom stereocenters. The van der Waals surface area contributed by atoms with Crippen LogP contribution in [0.4, 0.5) is 0 Å². The van der Waals surface area contributed by atoms with Crippen LogP contribution in [0.5, 0.6) is 0 Å². The van der Waals surface area contributed by atoms with Gasteiger partial charge in [0.05, 0.1) is 6.20 Å². The van der Waals surface area contributed by atoms with Crippen LogP contribution in [0.2, 0.25) is 0 Å². The standard InChI is InChI=1S/C20H19N3O/c1-24-12-6-11-23-14-19(21-22-23)20-17-9-4-2-7-15(17)13-16-8-3-5-10-18(16)20/h2-5,7-10,13-14H,6,11-12H2,1H3. The van der Waals surface area contributed by atoms with Crippen molar-refractivity contribution in [1.29, 1.82) is 0 Å². The number of hydrogen-bond acceptors (Lipinski definition) is 3. The highest BCUT2D eigenvalue weighted by atomic mass is 16.5. The largest absolute Gasteiger partial charge is 0.385 e. The van der Waals surface area contributed by atoms with Gasteiger partial charge in [0.25, 0.3) is 0 Å². The van der Waals surface area contributed by atoms with Crippen molar-refractivity contribution in [2.24, 2.45) is 0 Å². The molecule has 0 aliphatic carbocycles. The van der Waals surface area contributed by atoms with E-state index in [0.29, 0.717) is 0 Å². The lowest BCUT2D eigenvalue weighted by atomic mass is 9.95. The van der Waals surface area contributed by atoms with Crippen molar-refractivity contribution >= 4 is 21.5 Å². The van der Waals surface area contributed by atoms with Crippen LogP contribution in [-0.2, 0) is 11.3 Å². The van der Waals surface area contributed by atoms with Gasteiger partial charge in [0.2, 0.25) is 0 Å². The van der Waals surface area contributed by atoms with Gasteiger partial charge in [0, 0.05) is 25.8 Å². The quantitative estimate of drug-likeness (QED) is 0.407. The Kier molecular flexibility index (Phi) is 3.97. The summed E-state index contributed by atoms with van der Waals surface area (Å²) in [5, 5.41) is 13.6. The highest BCUT2D eigenvalue weighted by molar-refractivity contribution is 6.11. The molecule has 0 amide bonds. The molecule has 4 rings (SSSR count). The van der Waals surface area contributed by atoms with Crippen molar-refractivity contribution in [1.82, 2.24) is 15.0 Å². The SMILES string of the molecule is COCCCn1cc(-c2c3ccccc3cc3ccccc23)nn1. The summed E-state index contributed by atoms with van der Waals surface area (Å²) in [4.78, 5) is 0. The Labute approximate surface area is 140 Å². The molecule has 0 spiro atoms. The van der Waals surface area contributed by atoms with Gasteiger partial charge in [-0.1, -0.05) is 53.7 Å². The number of hydrogen-bond donors (Lipinski definition) is 0. The van der Waals surface area contributed by atoms with Crippen molar-refractivity contribution in [3.8, 4) is 11.3 Å². The minimum absolute atomic E-state index is 0.729. The smallest absolute Gasteiger partial charge is 0.114 e. The fourth-order valence-corrected chi connectivity index (χ4v) is 3.18. The summed E-state index contributed by atoms with van der Waals surface area (Å²) >= 11 is 0. The lowest BCUT2D eigenvalue weighted by Gasteiger charge is -2.09. The van der Waals surface area contributed by atoms with Gasteiger partial charge in [0.1, 0.15) is 5.69 Å². The van der Waals surface area contributed by atoms with E-state index >= 15 is 0 Å². The zero-order valence-corrected chi connectivity index (χ0v) is 13.6. The third-order valence-electron chi connectivity index (χ3n) is 4.30. The van der Waals surface area contributed by atoms with E-state index in [-0.39, 0.29) is 0 Å². The second kappa shape index (κ2) is 6.42. The van der Waals surface area contributed by atoms with Crippen LogP contribution in [-0.4, -0.2) is 28.7 Å². The van der Waals surface area contributed by atoms with E-state index in [1.807, 2.05) is 10.9 Å². The summed E-state index contributed by atoms with van der Waals surface area (Å²) in [5.41, 5.74) is 2.07. The van der Waals surface area contributed by atoms with Crippen LogP contribution < -0.4 is 0 Å². The molecule has 4 heteroatoms. The topological polar surface area (TPSA) is 39.9 Å². The third-order valence-corrected chi connectivity index (χ3v) is 4.30. The van der Waals surface area contributed by atoms with E-state index in [1.165, 1.54) is 21.5 Å². The van der Waals surface area contributed by atoms with Crippen LogP contribution in [0.1, 0.15) is 6.42 Å². The van der Waals surface area contributed by atoms with Crippen molar-refractivity contribution in [3.05, 3.63) is 60.8 Å². The molecule has 0 unspecified atom stereocenters. The molecule has 0 aliphatic heterocycles. The van der Waals surface area contributed by atoms with Gasteiger partial charge >= 0.3 is 0 Å². The van der Waals surface area contributed by atoms with E-state index in [4.69, 9.17) is 4.74 Å². The highest BCUT2D eigenvalue weighted by Gasteiger charge is 2.12. The van der Waals surface area contributed by atoms with Gasteiger partial charge in [-0.15, -0.1) is 5.10 Å². The van der Waals surface area contributed by atoms with E-state index in [0.717, 1.165) is 30.8 Å². The third kappa shape index (κ3) is 2.65. The second-order valence-corrected chi connectivity index (χ2v) is 5.91. The van der Waals surface area contributed by atoms with E-state index in [1.54, 1.807) is 7.11 Å². The van der Waals surface area contributed by atoms with Gasteiger partial charge < -0.3 is 4.74 Å². The van der Waals surface area contributed by atoms with E-state index < -0.39 is 0 Å². The molecule has 0 saturated heterocycles. The maximum Gasteiger partial charge on any atom is 0.114 e. The van der Waals surface area contributed by atoms with Crippen molar-refractivity contribution in [3.63, 3.8) is 0 Å². The maximum atomic E-state index is 5.11. The molecular formula is C20H19N3O. The summed E-state index contributed by atoms with van der Waals surface area (Å²) in [7, 11) is 1.72. The number of nitrogens with zero attached hydrogens (tertiary/aromatic N) is 3. The van der Waals surface area contributed by atoms with Crippen LogP contribution in [0, 0.1) is 0 Å². The Morgan fingerprint density at radius 1 is 0.958 bits per heavy atom. The molecule has 0 saturated carbocycles. The Hall–Kier alpha value is -2.72. The zero-order valence-electron chi connectivity index (χ0n) is 13.6. The number of benzene rings is 3. The first-order chi connectivity index (χ1) is 11.9. The average molecular weight is 317 g/mol. The number of rotatable bonds is 5. The molecule has 0 fully saturated rings. The number of methoxy groups -OCH3 is 1. The second-order valence-electron chi connectivity index (χ2n) is 5.91. The number of aryl methyl sites for hydroxylation is 1. The molecule has 0 N–H and O–H groups in total. The molecule has 120 valence electrons. The predicted molar refractivity (Wildman–Crippen MR) is 97.0 cm³/mol. The number of fused-ring (bicyclic) bond motifs is 2. The fourth-order valence-electron chi connectivity index (χ4n) is 3.18. The lowest BCUT2D eigenvalue weighted by Crippen LogP contribution is -2.01. The van der Waals surface area contributed by atoms with Crippen LogP contribution in [0.3, 0.4) is 0 Å². The van der Waals surface area contributed by atoms with Crippen LogP contribution in [0.25, 0.3) is 32.8 Å². The molecule has 0 radical (unpaired) electrons. The zero-order chi connectivity index (χ0) is 16.4. The Bertz CT molecular complexity index is 936. The van der Waals surface area contributed by atoms with Gasteiger partial charge in [-0.2, -0.15) is 0 Å². The van der Waals surface area contributed by atoms with Crippen molar-refractivity contribution in [2.45, 2.75) is 13.0 Å². The Balaban J connectivity index is 1.87. The van der Waals surface area contributed by atoms with E-state index in [2.05, 4.69) is 64.9 Å². The van der Waals surface area contributed by atoms with Gasteiger partial charge in [-0.3, -0.25) is 4.68 Å². The van der Waals surface area contributed by atoms with E-state index in [9.17, 15) is 0 Å². The molecule has 3 aromatic carbocycles. The first-order valence-corrected chi connectivity index (χ1v) is 8.17. The van der Waals surface area contributed by atoms with Crippen LogP contribution >= 0.6 is 0 Å². The minimum atomic E-state index is 0.729. The summed E-state index contributed by atoms with van der Waals surface area (Å²) in [5.74, 6) is 0. The van der Waals surface area contributed by atoms with Crippen molar-refractivity contribution in [2.75, 3.05) is 13.7 Å². The first kappa shape index (κ1) is 14.8. The number of ether oxygens (including phenoxy) is 1. The lowest BCUT2D eigenvalue weighted by molar-refractivity contribution is 0.189. The molecule has 1 heterocycles. The molecule has 0 bridgehead atoms. The van der Waals surface area contributed by atoms with Crippen molar-refractivity contribution < 1.29 is 4.74 Å². The monoisotopic (exact) mass is 317 g/mol. The first-order valence-electron chi connectivity index (χ1n) is 8.17. The van der Waals surface area contributed by atoms with Gasteiger partial charge in [-0.25, -0.2) is 0 Å². The Morgan fingerprint density at radius 3 is 2.29 bits per heavy atom. The van der Waals surface area contributed by atoms with Crippen LogP contribution in [0.15, 0.2) is 60.8 Å².